The summed E-state index contributed by atoms with van der Waals surface area (Å²) in [7, 11) is 0. The standard InChI is InChI=1S/C40H15Br8N7/c41-25-27(43)35-23(20-9-3-17(14-50)4-10-20)37-29(45)31(47)39(54-37)40-32(48)30(46)38(55-40)24(21-11-5-18(15-51)6-12-21)36-28(44)26(42)34(53-36)22(33(25)52-35)19-7-1-16(13-49)2-8-19/h1-12,52-54H. The third-order valence-corrected chi connectivity index (χ3v) is 17.5. The van der Waals surface area contributed by atoms with Crippen LogP contribution >= 0.6 is 127 Å². The summed E-state index contributed by atoms with van der Waals surface area (Å²) in [6.45, 7) is 0. The van der Waals surface area contributed by atoms with E-state index in [0.29, 0.717) is 33.6 Å². The Labute approximate surface area is 380 Å². The Morgan fingerprint density at radius 1 is 0.364 bits per heavy atom. The number of nitriles is 3. The van der Waals surface area contributed by atoms with Gasteiger partial charge in [-0.05, 0) is 181 Å². The summed E-state index contributed by atoms with van der Waals surface area (Å²) in [5.41, 5.74) is 12.1. The molecule has 0 atom stereocenters. The molecule has 0 radical (unpaired) electrons. The molecular weight excluding hydrogens is 1220 g/mol. The molecule has 3 aromatic carbocycles. The van der Waals surface area contributed by atoms with Crippen molar-refractivity contribution < 1.29 is 0 Å². The Balaban J connectivity index is 1.70. The first-order valence-corrected chi connectivity index (χ1v) is 22.2. The lowest BCUT2D eigenvalue weighted by molar-refractivity contribution is 1.31. The van der Waals surface area contributed by atoms with Crippen molar-refractivity contribution in [2.75, 3.05) is 0 Å². The normalized spacial score (nSPS) is 11.9. The average Bonchev–Trinajstić information content (AvgIpc) is 3.87. The molecule has 55 heavy (non-hydrogen) atoms. The van der Waals surface area contributed by atoms with Gasteiger partial charge >= 0.3 is 0 Å². The maximum absolute atomic E-state index is 9.68. The molecule has 0 aliphatic carbocycles. The Morgan fingerprint density at radius 2 is 0.636 bits per heavy atom. The van der Waals surface area contributed by atoms with E-state index in [1.54, 1.807) is 36.4 Å². The molecule has 7 nitrogen and oxygen atoms in total. The van der Waals surface area contributed by atoms with E-state index in [1.807, 2.05) is 36.4 Å². The fourth-order valence-corrected chi connectivity index (χ4v) is 10.4. The van der Waals surface area contributed by atoms with Crippen LogP contribution in [0.1, 0.15) is 28.1 Å². The van der Waals surface area contributed by atoms with E-state index in [0.717, 1.165) is 96.8 Å². The first-order valence-electron chi connectivity index (χ1n) is 15.8. The number of rotatable bonds is 3. The van der Waals surface area contributed by atoms with Gasteiger partial charge in [0.05, 0.1) is 109 Å². The second kappa shape index (κ2) is 15.2. The van der Waals surface area contributed by atoms with E-state index < -0.39 is 0 Å². The topological polar surface area (TPSA) is 132 Å². The first kappa shape index (κ1) is 38.6. The predicted octanol–water partition coefficient (Wildman–Crippen LogP) is 15.3. The van der Waals surface area contributed by atoms with E-state index in [4.69, 9.17) is 4.98 Å². The van der Waals surface area contributed by atoms with E-state index in [-0.39, 0.29) is 0 Å². The summed E-state index contributed by atoms with van der Waals surface area (Å²) in [6, 6.07) is 28.9. The van der Waals surface area contributed by atoms with Gasteiger partial charge in [0, 0.05) is 16.7 Å². The number of benzene rings is 3. The van der Waals surface area contributed by atoms with Crippen LogP contribution in [0.2, 0.25) is 0 Å². The summed E-state index contributed by atoms with van der Waals surface area (Å²) in [5.74, 6) is 0. The summed E-state index contributed by atoms with van der Waals surface area (Å²) in [5, 5.41) is 29.0. The summed E-state index contributed by atoms with van der Waals surface area (Å²) < 4.78 is 5.94. The lowest BCUT2D eigenvalue weighted by atomic mass is 10.0. The molecule has 0 saturated heterocycles. The van der Waals surface area contributed by atoms with Gasteiger partial charge in [0.25, 0.3) is 0 Å². The van der Waals surface area contributed by atoms with Crippen molar-refractivity contribution in [2.45, 2.75) is 0 Å². The first-order chi connectivity index (χ1) is 26.5. The molecule has 7 aromatic rings. The molecule has 0 spiro atoms. The van der Waals surface area contributed by atoms with Crippen molar-refractivity contribution in [2.24, 2.45) is 0 Å². The number of hydrogen-bond donors (Lipinski definition) is 3. The van der Waals surface area contributed by atoms with Crippen molar-refractivity contribution in [3.05, 3.63) is 128 Å². The van der Waals surface area contributed by atoms with Gasteiger partial charge in [-0.3, -0.25) is 0 Å². The maximum Gasteiger partial charge on any atom is 0.104 e. The van der Waals surface area contributed by atoms with E-state index in [2.05, 4.69) is 161 Å². The molecule has 5 heterocycles. The number of aromatic amines is 3. The number of aromatic nitrogens is 4. The Kier molecular flexibility index (Phi) is 10.7. The lowest BCUT2D eigenvalue weighted by Gasteiger charge is -2.07. The van der Waals surface area contributed by atoms with Gasteiger partial charge in [0.15, 0.2) is 0 Å². The van der Waals surface area contributed by atoms with Crippen LogP contribution in [0.4, 0.5) is 0 Å². The average molecular weight is 1230 g/mol. The molecule has 4 aromatic heterocycles. The highest BCUT2D eigenvalue weighted by molar-refractivity contribution is 9.18. The molecule has 1 aliphatic rings. The highest BCUT2D eigenvalue weighted by Gasteiger charge is 2.28. The smallest absolute Gasteiger partial charge is 0.104 e. The van der Waals surface area contributed by atoms with Crippen molar-refractivity contribution in [1.82, 2.24) is 19.9 Å². The number of hydrogen-bond acceptors (Lipinski definition) is 4. The maximum atomic E-state index is 9.68. The van der Waals surface area contributed by atoms with E-state index in [9.17, 15) is 15.8 Å². The zero-order valence-electron chi connectivity index (χ0n) is 27.2. The largest absolute Gasteiger partial charge is 0.352 e. The Bertz CT molecular complexity index is 3080. The number of nitrogens with one attached hydrogen (secondary N) is 3. The molecule has 266 valence electrons. The minimum atomic E-state index is 0.528. The van der Waals surface area contributed by atoms with Gasteiger partial charge in [-0.25, -0.2) is 4.98 Å². The van der Waals surface area contributed by atoms with Crippen LogP contribution in [0.25, 0.3) is 75.4 Å². The number of fused-ring (bicyclic) bond motifs is 9. The van der Waals surface area contributed by atoms with Crippen LogP contribution in [0.5, 0.6) is 0 Å². The SMILES string of the molecule is N#Cc1ccc(-c2c3nc(c4[nH]c(c(Br)c4Br)c(-c4ccc(C#N)cc4)c4[nH]c(c(Br)c4Br)c(-c4ccc(C#N)cc4)c4[nH]c2c(Br)c4Br)C(Br)=C3Br)cc1. The highest BCUT2D eigenvalue weighted by Crippen LogP contribution is 2.51. The third-order valence-electron chi connectivity index (χ3n) is 9.11. The number of H-pyrrole nitrogens is 3. The summed E-state index contributed by atoms with van der Waals surface area (Å²) >= 11 is 31.3. The third kappa shape index (κ3) is 6.43. The van der Waals surface area contributed by atoms with Crippen molar-refractivity contribution in [3.63, 3.8) is 0 Å². The zero-order valence-corrected chi connectivity index (χ0v) is 39.9. The molecule has 15 heteroatoms. The monoisotopic (exact) mass is 1220 g/mol. The molecule has 3 N–H and O–H groups in total. The van der Waals surface area contributed by atoms with Crippen molar-refractivity contribution in [1.29, 1.82) is 15.8 Å². The Morgan fingerprint density at radius 3 is 0.982 bits per heavy atom. The summed E-state index contributed by atoms with van der Waals surface area (Å²) in [4.78, 5) is 16.5. The second-order valence-corrected chi connectivity index (χ2v) is 18.5. The van der Waals surface area contributed by atoms with Gasteiger partial charge in [-0.15, -0.1) is 0 Å². The minimum absolute atomic E-state index is 0.528. The Hall–Kier alpha value is -3.30. The molecular formula is C40H15Br8N7. The van der Waals surface area contributed by atoms with Crippen LogP contribution in [-0.2, 0) is 0 Å². The van der Waals surface area contributed by atoms with Crippen LogP contribution < -0.4 is 0 Å². The van der Waals surface area contributed by atoms with Gasteiger partial charge < -0.3 is 15.0 Å². The molecule has 0 unspecified atom stereocenters. The van der Waals surface area contributed by atoms with Crippen LogP contribution in [-0.4, -0.2) is 19.9 Å². The molecule has 0 amide bonds. The molecule has 0 fully saturated rings. The van der Waals surface area contributed by atoms with E-state index >= 15 is 0 Å². The zero-order chi connectivity index (χ0) is 38.9. The van der Waals surface area contributed by atoms with Crippen LogP contribution in [0.3, 0.4) is 0 Å². The van der Waals surface area contributed by atoms with Gasteiger partial charge in [0.1, 0.15) is 5.69 Å². The summed E-state index contributed by atoms with van der Waals surface area (Å²) in [6.07, 6.45) is 0. The quantitative estimate of drug-likeness (QED) is 0.163. The van der Waals surface area contributed by atoms with Crippen molar-refractivity contribution in [3.8, 4) is 51.6 Å². The van der Waals surface area contributed by atoms with Gasteiger partial charge in [-0.2, -0.15) is 15.8 Å². The van der Waals surface area contributed by atoms with Crippen LogP contribution in [0, 0.1) is 34.0 Å². The van der Waals surface area contributed by atoms with Crippen LogP contribution in [0.15, 0.2) is 99.6 Å². The lowest BCUT2D eigenvalue weighted by Crippen LogP contribution is -1.88. The second-order valence-electron chi connectivity index (χ2n) is 12.1. The molecule has 0 saturated carbocycles. The van der Waals surface area contributed by atoms with E-state index in [1.165, 1.54) is 0 Å². The fraction of sp³-hybridized carbons (Fsp3) is 0. The number of halogens is 8. The minimum Gasteiger partial charge on any atom is -0.352 e. The molecule has 1 aliphatic heterocycles. The fourth-order valence-electron chi connectivity index (χ4n) is 6.50. The van der Waals surface area contributed by atoms with Gasteiger partial charge in [-0.1, -0.05) is 36.4 Å². The highest BCUT2D eigenvalue weighted by atomic mass is 79.9. The predicted molar refractivity (Wildman–Crippen MR) is 248 cm³/mol. The number of nitrogens with zero attached hydrogens (tertiary/aromatic N) is 4. The molecule has 8 rings (SSSR count). The van der Waals surface area contributed by atoms with Gasteiger partial charge in [0.2, 0.25) is 0 Å². The van der Waals surface area contributed by atoms with Crippen molar-refractivity contribution >= 4 is 170 Å². The molecule has 8 bridgehead atoms.